The number of ether oxygens (including phenoxy) is 3. The monoisotopic (exact) mass is 354 g/mol. The Bertz CT molecular complexity index is 646. The number of nitrogens with one attached hydrogen (secondary N) is 1. The van der Waals surface area contributed by atoms with Crippen molar-refractivity contribution in [3.8, 4) is 11.5 Å². The largest absolute Gasteiger partial charge is 0.493 e. The molecule has 1 aromatic rings. The van der Waals surface area contributed by atoms with Gasteiger partial charge in [0.1, 0.15) is 5.56 Å². The van der Waals surface area contributed by atoms with Gasteiger partial charge >= 0.3 is 5.97 Å². The number of nitrogens with zero attached hydrogens (tertiary/aromatic N) is 1. The molecule has 9 heteroatoms. The molecule has 1 aromatic carbocycles. The highest BCUT2D eigenvalue weighted by atomic mass is 16.6. The molecule has 25 heavy (non-hydrogen) atoms. The second-order valence-electron chi connectivity index (χ2n) is 5.05. The van der Waals surface area contributed by atoms with Crippen molar-refractivity contribution >= 4 is 17.6 Å². The summed E-state index contributed by atoms with van der Waals surface area (Å²) in [7, 11) is 1.33. The third-order valence-corrected chi connectivity index (χ3v) is 3.20. The van der Waals surface area contributed by atoms with Crippen LogP contribution in [0.2, 0.25) is 0 Å². The van der Waals surface area contributed by atoms with E-state index in [1.165, 1.54) is 20.1 Å². The Morgan fingerprint density at radius 2 is 1.96 bits per heavy atom. The fourth-order valence-electron chi connectivity index (χ4n) is 1.96. The third kappa shape index (κ3) is 5.33. The van der Waals surface area contributed by atoms with E-state index < -0.39 is 28.6 Å². The van der Waals surface area contributed by atoms with Crippen molar-refractivity contribution < 1.29 is 28.7 Å². The smallest absolute Gasteiger partial charge is 0.346 e. The fourth-order valence-corrected chi connectivity index (χ4v) is 1.96. The molecule has 0 heterocycles. The van der Waals surface area contributed by atoms with E-state index >= 15 is 0 Å². The highest BCUT2D eigenvalue weighted by Gasteiger charge is 2.28. The molecule has 1 atom stereocenters. The molecule has 0 saturated carbocycles. The van der Waals surface area contributed by atoms with Crippen LogP contribution in [0.4, 0.5) is 5.69 Å². The molecule has 0 aliphatic carbocycles. The van der Waals surface area contributed by atoms with E-state index in [1.54, 1.807) is 6.92 Å². The van der Waals surface area contributed by atoms with Crippen molar-refractivity contribution in [3.05, 3.63) is 27.8 Å². The van der Waals surface area contributed by atoms with Gasteiger partial charge in [-0.1, -0.05) is 6.92 Å². The Kier molecular flexibility index (Phi) is 7.64. The average Bonchev–Trinajstić information content (AvgIpc) is 2.59. The van der Waals surface area contributed by atoms with E-state index in [4.69, 9.17) is 14.2 Å². The molecule has 0 radical (unpaired) electrons. The van der Waals surface area contributed by atoms with Gasteiger partial charge in [-0.05, 0) is 20.3 Å². The Balaban J connectivity index is 3.12. The summed E-state index contributed by atoms with van der Waals surface area (Å²) in [6.45, 7) is 5.71. The first-order chi connectivity index (χ1) is 11.8. The maximum absolute atomic E-state index is 12.3. The number of hydrogen-bond acceptors (Lipinski definition) is 7. The van der Waals surface area contributed by atoms with Crippen LogP contribution < -0.4 is 14.8 Å². The van der Waals surface area contributed by atoms with E-state index in [9.17, 15) is 19.7 Å². The lowest BCUT2D eigenvalue weighted by Gasteiger charge is -2.15. The van der Waals surface area contributed by atoms with Crippen LogP contribution in [0.1, 0.15) is 37.6 Å². The van der Waals surface area contributed by atoms with Gasteiger partial charge in [-0.2, -0.15) is 0 Å². The molecule has 1 N–H and O–H groups in total. The molecule has 0 fully saturated rings. The van der Waals surface area contributed by atoms with Gasteiger partial charge in [0.05, 0.1) is 24.7 Å². The topological polar surface area (TPSA) is 117 Å². The van der Waals surface area contributed by atoms with Crippen molar-refractivity contribution in [1.82, 2.24) is 5.32 Å². The predicted octanol–water partition coefficient (Wildman–Crippen LogP) is 2.07. The number of methoxy groups -OCH3 is 1. The quantitative estimate of drug-likeness (QED) is 0.410. The molecule has 1 amide bonds. The summed E-state index contributed by atoms with van der Waals surface area (Å²) in [4.78, 5) is 34.6. The van der Waals surface area contributed by atoms with Gasteiger partial charge in [0.2, 0.25) is 0 Å². The first-order valence-electron chi connectivity index (χ1n) is 7.83. The van der Waals surface area contributed by atoms with Crippen LogP contribution in [0.15, 0.2) is 12.1 Å². The number of benzene rings is 1. The Morgan fingerprint density at radius 1 is 1.28 bits per heavy atom. The summed E-state index contributed by atoms with van der Waals surface area (Å²) in [6, 6.07) is 2.27. The Hall–Kier alpha value is -2.84. The maximum Gasteiger partial charge on any atom is 0.346 e. The van der Waals surface area contributed by atoms with Crippen molar-refractivity contribution in [2.75, 3.05) is 20.3 Å². The first-order valence-corrected chi connectivity index (χ1v) is 7.83. The molecular formula is C16H22N2O7. The molecule has 1 rings (SSSR count). The number of hydrogen-bond donors (Lipinski definition) is 1. The SMILES string of the molecule is CCCNC(=O)[C@@H](C)OC(=O)c1cc(OCC)c(OC)cc1[N+](=O)[O-]. The highest BCUT2D eigenvalue weighted by Crippen LogP contribution is 2.35. The molecule has 138 valence electrons. The lowest BCUT2D eigenvalue weighted by Crippen LogP contribution is -2.36. The van der Waals surface area contributed by atoms with Gasteiger partial charge < -0.3 is 19.5 Å². The van der Waals surface area contributed by atoms with Crippen LogP contribution >= 0.6 is 0 Å². The summed E-state index contributed by atoms with van der Waals surface area (Å²) >= 11 is 0. The zero-order chi connectivity index (χ0) is 19.0. The number of amides is 1. The number of nitro groups is 1. The third-order valence-electron chi connectivity index (χ3n) is 3.20. The van der Waals surface area contributed by atoms with Crippen LogP contribution in [-0.4, -0.2) is 43.2 Å². The van der Waals surface area contributed by atoms with Gasteiger partial charge in [0, 0.05) is 12.6 Å². The van der Waals surface area contributed by atoms with Crippen molar-refractivity contribution in [2.24, 2.45) is 0 Å². The molecule has 0 aliphatic heterocycles. The minimum absolute atomic E-state index is 0.124. The molecule has 0 unspecified atom stereocenters. The highest BCUT2D eigenvalue weighted by molar-refractivity contribution is 5.96. The van der Waals surface area contributed by atoms with Crippen molar-refractivity contribution in [2.45, 2.75) is 33.3 Å². The second-order valence-corrected chi connectivity index (χ2v) is 5.05. The van der Waals surface area contributed by atoms with Crippen LogP contribution in [-0.2, 0) is 9.53 Å². The molecule has 0 aromatic heterocycles. The van der Waals surface area contributed by atoms with Crippen LogP contribution in [0.5, 0.6) is 11.5 Å². The number of carbonyl (C=O) groups is 2. The van der Waals surface area contributed by atoms with Gasteiger partial charge in [-0.15, -0.1) is 0 Å². The predicted molar refractivity (Wildman–Crippen MR) is 89.0 cm³/mol. The number of esters is 1. The Morgan fingerprint density at radius 3 is 2.48 bits per heavy atom. The van der Waals surface area contributed by atoms with Crippen LogP contribution in [0.3, 0.4) is 0 Å². The minimum Gasteiger partial charge on any atom is -0.493 e. The van der Waals surface area contributed by atoms with Crippen LogP contribution in [0.25, 0.3) is 0 Å². The molecule has 0 spiro atoms. The Labute approximate surface area is 145 Å². The molecular weight excluding hydrogens is 332 g/mol. The van der Waals surface area contributed by atoms with Crippen molar-refractivity contribution in [1.29, 1.82) is 0 Å². The summed E-state index contributed by atoms with van der Waals surface area (Å²) in [5, 5.41) is 13.8. The summed E-state index contributed by atoms with van der Waals surface area (Å²) in [5.74, 6) is -1.17. The van der Waals surface area contributed by atoms with Crippen molar-refractivity contribution in [3.63, 3.8) is 0 Å². The zero-order valence-electron chi connectivity index (χ0n) is 14.7. The van der Waals surface area contributed by atoms with E-state index in [0.29, 0.717) is 6.54 Å². The first kappa shape index (κ1) is 20.2. The van der Waals surface area contributed by atoms with E-state index in [1.807, 2.05) is 6.92 Å². The molecule has 0 saturated heterocycles. The number of nitro benzene ring substituents is 1. The summed E-state index contributed by atoms with van der Waals surface area (Å²) < 4.78 is 15.4. The van der Waals surface area contributed by atoms with Crippen LogP contribution in [0, 0.1) is 10.1 Å². The van der Waals surface area contributed by atoms with Gasteiger partial charge in [0.25, 0.3) is 11.6 Å². The lowest BCUT2D eigenvalue weighted by molar-refractivity contribution is -0.385. The zero-order valence-corrected chi connectivity index (χ0v) is 14.7. The maximum atomic E-state index is 12.3. The van der Waals surface area contributed by atoms with E-state index in [0.717, 1.165) is 12.5 Å². The lowest BCUT2D eigenvalue weighted by atomic mass is 10.1. The minimum atomic E-state index is -1.09. The standard InChI is InChI=1S/C16H22N2O7/c1-5-7-17-15(19)10(3)25-16(20)11-8-14(24-6-2)13(23-4)9-12(11)18(21)22/h8-10H,5-7H2,1-4H3,(H,17,19)/t10-/m1/s1. The molecule has 9 nitrogen and oxygen atoms in total. The fraction of sp³-hybridized carbons (Fsp3) is 0.500. The van der Waals surface area contributed by atoms with Gasteiger partial charge in [0.15, 0.2) is 17.6 Å². The number of rotatable bonds is 9. The molecule has 0 bridgehead atoms. The summed E-state index contributed by atoms with van der Waals surface area (Å²) in [5.41, 5.74) is -0.809. The van der Waals surface area contributed by atoms with E-state index in [2.05, 4.69) is 5.32 Å². The van der Waals surface area contributed by atoms with Gasteiger partial charge in [-0.25, -0.2) is 4.79 Å². The number of carbonyl (C=O) groups excluding carboxylic acids is 2. The van der Waals surface area contributed by atoms with Gasteiger partial charge in [-0.3, -0.25) is 14.9 Å². The molecule has 0 aliphatic rings. The average molecular weight is 354 g/mol. The summed E-state index contributed by atoms with van der Waals surface area (Å²) in [6.07, 6.45) is -0.357. The van der Waals surface area contributed by atoms with E-state index in [-0.39, 0.29) is 23.7 Å². The normalized spacial score (nSPS) is 11.4. The second kappa shape index (κ2) is 9.45.